The van der Waals surface area contributed by atoms with Gasteiger partial charge in [-0.3, -0.25) is 0 Å². The Kier molecular flexibility index (Phi) is 4.57. The Morgan fingerprint density at radius 1 is 1.00 bits per heavy atom. The maximum Gasteiger partial charge on any atom is 0.218 e. The number of hydrogen-bond acceptors (Lipinski definition) is 4. The molecule has 1 atom stereocenters. The summed E-state index contributed by atoms with van der Waals surface area (Å²) in [5, 5.41) is 8.45. The molecule has 1 aliphatic heterocycles. The van der Waals surface area contributed by atoms with Crippen LogP contribution in [0.5, 0.6) is 0 Å². The van der Waals surface area contributed by atoms with E-state index in [0.29, 0.717) is 13.1 Å². The van der Waals surface area contributed by atoms with Crippen molar-refractivity contribution < 1.29 is 8.42 Å². The van der Waals surface area contributed by atoms with Crippen LogP contribution in [-0.2, 0) is 15.8 Å². The van der Waals surface area contributed by atoms with Gasteiger partial charge in [0.05, 0.1) is 18.0 Å². The van der Waals surface area contributed by atoms with Gasteiger partial charge in [-0.25, -0.2) is 13.1 Å². The second-order valence-electron chi connectivity index (χ2n) is 6.49. The van der Waals surface area contributed by atoms with Crippen molar-refractivity contribution in [2.45, 2.75) is 18.2 Å². The number of rotatable bonds is 5. The lowest BCUT2D eigenvalue weighted by Crippen LogP contribution is -2.30. The fraction of sp³-hybridized carbons (Fsp3) is 0.263. The van der Waals surface area contributed by atoms with E-state index < -0.39 is 10.0 Å². The van der Waals surface area contributed by atoms with Crippen molar-refractivity contribution in [2.75, 3.05) is 13.1 Å². The van der Waals surface area contributed by atoms with E-state index in [1.807, 2.05) is 66.9 Å². The fourth-order valence-corrected chi connectivity index (χ4v) is 4.83. The number of aromatic nitrogens is 3. The minimum Gasteiger partial charge on any atom is -0.247 e. The zero-order chi connectivity index (χ0) is 18.0. The predicted molar refractivity (Wildman–Crippen MR) is 99.8 cm³/mol. The molecule has 2 heterocycles. The summed E-state index contributed by atoms with van der Waals surface area (Å²) in [4.78, 5) is 0. The van der Waals surface area contributed by atoms with Crippen LogP contribution in [0.25, 0.3) is 11.3 Å². The van der Waals surface area contributed by atoms with E-state index in [0.717, 1.165) is 23.2 Å². The summed E-state index contributed by atoms with van der Waals surface area (Å²) in [5.41, 5.74) is 2.62. The van der Waals surface area contributed by atoms with Gasteiger partial charge < -0.3 is 0 Å². The summed E-state index contributed by atoms with van der Waals surface area (Å²) < 4.78 is 28.7. The minimum absolute atomic E-state index is 0.0190. The third-order valence-corrected chi connectivity index (χ3v) is 6.48. The second-order valence-corrected chi connectivity index (χ2v) is 8.46. The maximum absolute atomic E-state index is 12.7. The number of benzene rings is 2. The molecule has 0 aliphatic carbocycles. The molecular weight excluding hydrogens is 348 g/mol. The van der Waals surface area contributed by atoms with Gasteiger partial charge in [-0.05, 0) is 12.0 Å². The molecule has 134 valence electrons. The fourth-order valence-electron chi connectivity index (χ4n) is 3.25. The lowest BCUT2D eigenvalue weighted by atomic mass is 10.2. The van der Waals surface area contributed by atoms with Gasteiger partial charge in [-0.15, -0.1) is 5.10 Å². The smallest absolute Gasteiger partial charge is 0.218 e. The highest BCUT2D eigenvalue weighted by atomic mass is 32.2. The molecular formula is C19H20N4O2S. The molecule has 6 nitrogen and oxygen atoms in total. The molecule has 1 saturated heterocycles. The first-order valence-corrected chi connectivity index (χ1v) is 10.2. The third-order valence-electron chi connectivity index (χ3n) is 4.67. The lowest BCUT2D eigenvalue weighted by molar-refractivity contribution is 0.428. The first-order chi connectivity index (χ1) is 12.6. The first-order valence-electron chi connectivity index (χ1n) is 8.61. The minimum atomic E-state index is -3.33. The molecule has 26 heavy (non-hydrogen) atoms. The molecule has 7 heteroatoms. The molecule has 1 aromatic heterocycles. The molecule has 2 aromatic carbocycles. The zero-order valence-corrected chi connectivity index (χ0v) is 15.1. The normalized spacial score (nSPS) is 18.2. The standard InChI is InChI=1S/C19H20N4O2S/c24-26(25,15-16-7-3-1-4-8-16)22-12-11-18(13-22)23-14-19(20-21-23)17-9-5-2-6-10-17/h1-10,14,18H,11-13,15H2. The highest BCUT2D eigenvalue weighted by Crippen LogP contribution is 2.26. The van der Waals surface area contributed by atoms with E-state index in [4.69, 9.17) is 0 Å². The second kappa shape index (κ2) is 7.01. The van der Waals surface area contributed by atoms with Crippen molar-refractivity contribution in [3.05, 3.63) is 72.4 Å². The van der Waals surface area contributed by atoms with Gasteiger partial charge in [0.2, 0.25) is 10.0 Å². The van der Waals surface area contributed by atoms with Crippen LogP contribution in [0.1, 0.15) is 18.0 Å². The van der Waals surface area contributed by atoms with E-state index in [2.05, 4.69) is 10.3 Å². The Balaban J connectivity index is 1.46. The van der Waals surface area contributed by atoms with E-state index >= 15 is 0 Å². The predicted octanol–water partition coefficient (Wildman–Crippen LogP) is 2.72. The monoisotopic (exact) mass is 368 g/mol. The molecule has 0 bridgehead atoms. The molecule has 0 spiro atoms. The lowest BCUT2D eigenvalue weighted by Gasteiger charge is -2.16. The quantitative estimate of drug-likeness (QED) is 0.694. The van der Waals surface area contributed by atoms with Gasteiger partial charge >= 0.3 is 0 Å². The summed E-state index contributed by atoms with van der Waals surface area (Å²) in [5.74, 6) is 0.0349. The molecule has 0 radical (unpaired) electrons. The van der Waals surface area contributed by atoms with Crippen LogP contribution in [0, 0.1) is 0 Å². The van der Waals surface area contributed by atoms with Gasteiger partial charge in [-0.2, -0.15) is 4.31 Å². The van der Waals surface area contributed by atoms with Crippen LogP contribution >= 0.6 is 0 Å². The molecule has 1 unspecified atom stereocenters. The van der Waals surface area contributed by atoms with Crippen molar-refractivity contribution in [3.8, 4) is 11.3 Å². The van der Waals surface area contributed by atoms with Gasteiger partial charge in [0.1, 0.15) is 5.69 Å². The van der Waals surface area contributed by atoms with E-state index in [-0.39, 0.29) is 11.8 Å². The van der Waals surface area contributed by atoms with Crippen LogP contribution in [0.4, 0.5) is 0 Å². The van der Waals surface area contributed by atoms with Crippen LogP contribution in [0.2, 0.25) is 0 Å². The van der Waals surface area contributed by atoms with Crippen molar-refractivity contribution >= 4 is 10.0 Å². The average molecular weight is 368 g/mol. The van der Waals surface area contributed by atoms with Crippen LogP contribution in [-0.4, -0.2) is 40.8 Å². The summed E-state index contributed by atoms with van der Waals surface area (Å²) in [6, 6.07) is 19.2. The van der Waals surface area contributed by atoms with E-state index in [9.17, 15) is 8.42 Å². The number of nitrogens with zero attached hydrogens (tertiary/aromatic N) is 4. The van der Waals surface area contributed by atoms with Crippen LogP contribution in [0.3, 0.4) is 0 Å². The Bertz CT molecular complexity index is 971. The molecule has 3 aromatic rings. The van der Waals surface area contributed by atoms with E-state index in [1.54, 1.807) is 8.99 Å². The largest absolute Gasteiger partial charge is 0.247 e. The highest BCUT2D eigenvalue weighted by molar-refractivity contribution is 7.88. The Hall–Kier alpha value is -2.51. The first kappa shape index (κ1) is 16.9. The van der Waals surface area contributed by atoms with Crippen LogP contribution < -0.4 is 0 Å². The summed E-state index contributed by atoms with van der Waals surface area (Å²) in [7, 11) is -3.33. The Morgan fingerprint density at radius 3 is 2.42 bits per heavy atom. The molecule has 0 saturated carbocycles. The topological polar surface area (TPSA) is 68.1 Å². The summed E-state index contributed by atoms with van der Waals surface area (Å²) in [6.45, 7) is 0.952. The van der Waals surface area contributed by atoms with Gasteiger partial charge in [0.15, 0.2) is 0 Å². The average Bonchev–Trinajstić information content (AvgIpc) is 3.33. The number of sulfonamides is 1. The summed E-state index contributed by atoms with van der Waals surface area (Å²) >= 11 is 0. The molecule has 1 fully saturated rings. The van der Waals surface area contributed by atoms with Crippen molar-refractivity contribution in [1.82, 2.24) is 19.3 Å². The van der Waals surface area contributed by atoms with Gasteiger partial charge in [-0.1, -0.05) is 65.9 Å². The maximum atomic E-state index is 12.7. The summed E-state index contributed by atoms with van der Waals surface area (Å²) in [6.07, 6.45) is 2.64. The van der Waals surface area contributed by atoms with Crippen molar-refractivity contribution in [3.63, 3.8) is 0 Å². The Morgan fingerprint density at radius 2 is 1.69 bits per heavy atom. The Labute approximate surface area is 153 Å². The SMILES string of the molecule is O=S(=O)(Cc1ccccc1)N1CCC(n2cc(-c3ccccc3)nn2)C1. The van der Waals surface area contributed by atoms with Crippen LogP contribution in [0.15, 0.2) is 66.9 Å². The van der Waals surface area contributed by atoms with Gasteiger partial charge in [0.25, 0.3) is 0 Å². The van der Waals surface area contributed by atoms with Crippen molar-refractivity contribution in [2.24, 2.45) is 0 Å². The zero-order valence-electron chi connectivity index (χ0n) is 14.3. The van der Waals surface area contributed by atoms with Gasteiger partial charge in [0, 0.05) is 18.7 Å². The molecule has 0 amide bonds. The highest BCUT2D eigenvalue weighted by Gasteiger charge is 2.32. The number of hydrogen-bond donors (Lipinski definition) is 0. The molecule has 4 rings (SSSR count). The molecule has 0 N–H and O–H groups in total. The molecule has 1 aliphatic rings. The third kappa shape index (κ3) is 3.54. The van der Waals surface area contributed by atoms with E-state index in [1.165, 1.54) is 0 Å². The van der Waals surface area contributed by atoms with Crippen molar-refractivity contribution in [1.29, 1.82) is 0 Å².